The van der Waals surface area contributed by atoms with Crippen molar-refractivity contribution >= 4 is 46.0 Å². The Balaban J connectivity index is 1.55. The van der Waals surface area contributed by atoms with Gasteiger partial charge >= 0.3 is 5.97 Å². The molecule has 3 rings (SSSR count). The summed E-state index contributed by atoms with van der Waals surface area (Å²) in [6, 6.07) is 11.5. The first-order valence-electron chi connectivity index (χ1n) is 9.24. The van der Waals surface area contributed by atoms with E-state index in [2.05, 4.69) is 36.8 Å². The van der Waals surface area contributed by atoms with Gasteiger partial charge in [-0.2, -0.15) is 5.10 Å². The number of esters is 1. The molecule has 32 heavy (non-hydrogen) atoms. The third-order valence-electron chi connectivity index (χ3n) is 3.84. The van der Waals surface area contributed by atoms with Gasteiger partial charge in [0.2, 0.25) is 0 Å². The third-order valence-corrected chi connectivity index (χ3v) is 4.33. The van der Waals surface area contributed by atoms with Crippen molar-refractivity contribution < 1.29 is 23.5 Å². The number of carbonyl (C=O) groups excluding carboxylic acids is 3. The van der Waals surface area contributed by atoms with E-state index < -0.39 is 17.8 Å². The number of furan rings is 1. The molecule has 10 heteroatoms. The molecule has 162 valence electrons. The lowest BCUT2D eigenvalue weighted by molar-refractivity contribution is -0.129. The summed E-state index contributed by atoms with van der Waals surface area (Å²) in [6.07, 6.45) is 8.47. The maximum atomic E-state index is 12.1. The third kappa shape index (κ3) is 7.03. The molecule has 2 amide bonds. The molecule has 3 aromatic rings. The molecule has 2 aromatic heterocycles. The van der Waals surface area contributed by atoms with Crippen LogP contribution in [0.4, 0.5) is 0 Å². The molecular weight excluding hydrogens is 480 g/mol. The van der Waals surface area contributed by atoms with Gasteiger partial charge in [0.15, 0.2) is 0 Å². The van der Waals surface area contributed by atoms with Crippen LogP contribution < -0.4 is 15.5 Å². The SMILES string of the molecule is O=C(CNC(=O)c1cccnc1)NN=Cc1cc(Br)ccc1OC(=O)C=Cc1ccco1. The van der Waals surface area contributed by atoms with Gasteiger partial charge in [-0.3, -0.25) is 14.6 Å². The second kappa shape index (κ2) is 11.4. The minimum absolute atomic E-state index is 0.241. The Hall–Kier alpha value is -4.05. The van der Waals surface area contributed by atoms with Crippen LogP contribution in [0.15, 0.2) is 81.2 Å². The van der Waals surface area contributed by atoms with Crippen LogP contribution in [0.3, 0.4) is 0 Å². The number of aromatic nitrogens is 1. The van der Waals surface area contributed by atoms with E-state index in [1.54, 1.807) is 48.7 Å². The monoisotopic (exact) mass is 496 g/mol. The highest BCUT2D eigenvalue weighted by atomic mass is 79.9. The lowest BCUT2D eigenvalue weighted by Gasteiger charge is -2.06. The lowest BCUT2D eigenvalue weighted by atomic mass is 10.2. The van der Waals surface area contributed by atoms with Crippen molar-refractivity contribution in [2.75, 3.05) is 6.54 Å². The van der Waals surface area contributed by atoms with Crippen molar-refractivity contribution in [3.05, 3.63) is 88.6 Å². The predicted molar refractivity (Wildman–Crippen MR) is 120 cm³/mol. The fraction of sp³-hybridized carbons (Fsp3) is 0.0455. The fourth-order valence-corrected chi connectivity index (χ4v) is 2.74. The van der Waals surface area contributed by atoms with Crippen molar-refractivity contribution in [2.24, 2.45) is 5.10 Å². The minimum atomic E-state index is -0.611. The highest BCUT2D eigenvalue weighted by Crippen LogP contribution is 2.22. The summed E-state index contributed by atoms with van der Waals surface area (Å²) in [7, 11) is 0. The number of hydrogen-bond donors (Lipinski definition) is 2. The van der Waals surface area contributed by atoms with Crippen molar-refractivity contribution in [3.8, 4) is 5.75 Å². The Kier molecular flexibility index (Phi) is 8.04. The van der Waals surface area contributed by atoms with Gasteiger partial charge in [0, 0.05) is 28.5 Å². The number of ether oxygens (including phenoxy) is 1. The smallest absolute Gasteiger partial charge is 0.336 e. The maximum absolute atomic E-state index is 12.1. The molecule has 0 aliphatic rings. The second-order valence-corrected chi connectivity index (χ2v) is 7.09. The van der Waals surface area contributed by atoms with Crippen LogP contribution in [0.1, 0.15) is 21.7 Å². The first-order chi connectivity index (χ1) is 15.5. The van der Waals surface area contributed by atoms with Crippen LogP contribution in [0, 0.1) is 0 Å². The summed E-state index contributed by atoms with van der Waals surface area (Å²) < 4.78 is 11.2. The topological polar surface area (TPSA) is 123 Å². The highest BCUT2D eigenvalue weighted by molar-refractivity contribution is 9.10. The van der Waals surface area contributed by atoms with E-state index in [1.807, 2.05) is 0 Å². The van der Waals surface area contributed by atoms with Gasteiger partial charge in [0.25, 0.3) is 11.8 Å². The number of carbonyl (C=O) groups is 3. The van der Waals surface area contributed by atoms with Crippen LogP contribution in [0.2, 0.25) is 0 Å². The van der Waals surface area contributed by atoms with Gasteiger partial charge in [-0.1, -0.05) is 15.9 Å². The molecule has 0 saturated carbocycles. The average molecular weight is 497 g/mol. The Morgan fingerprint density at radius 2 is 2.06 bits per heavy atom. The van der Waals surface area contributed by atoms with Gasteiger partial charge < -0.3 is 14.5 Å². The van der Waals surface area contributed by atoms with Crippen molar-refractivity contribution in [2.45, 2.75) is 0 Å². The molecule has 0 unspecified atom stereocenters. The van der Waals surface area contributed by atoms with E-state index in [1.165, 1.54) is 30.8 Å². The summed E-state index contributed by atoms with van der Waals surface area (Å²) in [5.41, 5.74) is 3.08. The maximum Gasteiger partial charge on any atom is 0.336 e. The van der Waals surface area contributed by atoms with Crippen molar-refractivity contribution in [1.29, 1.82) is 0 Å². The number of benzene rings is 1. The zero-order valence-electron chi connectivity index (χ0n) is 16.5. The number of halogens is 1. The number of nitrogens with zero attached hydrogens (tertiary/aromatic N) is 2. The van der Waals surface area contributed by atoms with E-state index in [0.717, 1.165) is 4.47 Å². The van der Waals surface area contributed by atoms with Crippen LogP contribution in [-0.2, 0) is 9.59 Å². The van der Waals surface area contributed by atoms with Crippen LogP contribution in [-0.4, -0.2) is 35.5 Å². The van der Waals surface area contributed by atoms with E-state index in [-0.39, 0.29) is 12.3 Å². The number of pyridine rings is 1. The Bertz CT molecular complexity index is 1140. The summed E-state index contributed by atoms with van der Waals surface area (Å²) in [4.78, 5) is 39.8. The number of nitrogens with one attached hydrogen (secondary N) is 2. The van der Waals surface area contributed by atoms with Crippen molar-refractivity contribution in [1.82, 2.24) is 15.7 Å². The Morgan fingerprint density at radius 1 is 1.19 bits per heavy atom. The summed E-state index contributed by atoms with van der Waals surface area (Å²) in [5.74, 6) is -0.821. The molecule has 0 atom stereocenters. The molecular formula is C22H17BrN4O5. The number of hydrogen-bond acceptors (Lipinski definition) is 7. The molecule has 2 heterocycles. The largest absolute Gasteiger partial charge is 0.465 e. The molecule has 0 spiro atoms. The van der Waals surface area contributed by atoms with Crippen LogP contribution >= 0.6 is 15.9 Å². The van der Waals surface area contributed by atoms with Crippen LogP contribution in [0.5, 0.6) is 5.75 Å². The molecule has 0 radical (unpaired) electrons. The summed E-state index contributed by atoms with van der Waals surface area (Å²) in [5, 5.41) is 6.32. The van der Waals surface area contributed by atoms with E-state index in [4.69, 9.17) is 9.15 Å². The Labute approximate surface area is 191 Å². The zero-order chi connectivity index (χ0) is 22.8. The molecule has 0 aliphatic carbocycles. The fourth-order valence-electron chi connectivity index (χ4n) is 2.36. The molecule has 0 aliphatic heterocycles. The standard InChI is InChI=1S/C22H17BrN4O5/c23-17-5-7-19(32-21(29)8-6-18-4-2-10-31-18)16(11-17)13-26-27-20(28)14-25-22(30)15-3-1-9-24-12-15/h1-13H,14H2,(H,25,30)(H,27,28). The molecule has 0 bridgehead atoms. The molecule has 0 fully saturated rings. The molecule has 2 N–H and O–H groups in total. The van der Waals surface area contributed by atoms with Gasteiger partial charge in [-0.15, -0.1) is 0 Å². The second-order valence-electron chi connectivity index (χ2n) is 6.17. The average Bonchev–Trinajstić information content (AvgIpc) is 3.32. The number of rotatable bonds is 8. The molecule has 9 nitrogen and oxygen atoms in total. The van der Waals surface area contributed by atoms with Crippen molar-refractivity contribution in [3.63, 3.8) is 0 Å². The van der Waals surface area contributed by atoms with Gasteiger partial charge in [0.05, 0.1) is 24.6 Å². The normalized spacial score (nSPS) is 10.9. The lowest BCUT2D eigenvalue weighted by Crippen LogP contribution is -2.34. The number of amides is 2. The first-order valence-corrected chi connectivity index (χ1v) is 10.0. The predicted octanol–water partition coefficient (Wildman–Crippen LogP) is 2.94. The summed E-state index contributed by atoms with van der Waals surface area (Å²) >= 11 is 3.33. The van der Waals surface area contributed by atoms with E-state index in [9.17, 15) is 14.4 Å². The highest BCUT2D eigenvalue weighted by Gasteiger charge is 2.09. The van der Waals surface area contributed by atoms with Gasteiger partial charge in [-0.25, -0.2) is 10.2 Å². The summed E-state index contributed by atoms with van der Waals surface area (Å²) in [6.45, 7) is -0.275. The number of hydrazone groups is 1. The first kappa shape index (κ1) is 22.6. The molecule has 0 saturated heterocycles. The minimum Gasteiger partial charge on any atom is -0.465 e. The van der Waals surface area contributed by atoms with Gasteiger partial charge in [-0.05, 0) is 48.5 Å². The molecule has 1 aromatic carbocycles. The van der Waals surface area contributed by atoms with E-state index >= 15 is 0 Å². The van der Waals surface area contributed by atoms with Crippen LogP contribution in [0.25, 0.3) is 6.08 Å². The Morgan fingerprint density at radius 3 is 2.81 bits per heavy atom. The zero-order valence-corrected chi connectivity index (χ0v) is 18.1. The van der Waals surface area contributed by atoms with E-state index in [0.29, 0.717) is 16.9 Å². The van der Waals surface area contributed by atoms with Gasteiger partial charge in [0.1, 0.15) is 11.5 Å². The quantitative estimate of drug-likeness (QED) is 0.162.